The van der Waals surface area contributed by atoms with Crippen LogP contribution in [0.2, 0.25) is 0 Å². The van der Waals surface area contributed by atoms with Gasteiger partial charge in [-0.15, -0.1) is 0 Å². The third-order valence-corrected chi connectivity index (χ3v) is 3.05. The standard InChI is InChI=1S/C14H16N2O3/c1-9-6-5-7-10-11(8-12(17)15(2)3)16(19-4)14(18)13(9)10/h5-8H,1-4H3/b11-8+. The Kier molecular flexibility index (Phi) is 3.40. The zero-order valence-corrected chi connectivity index (χ0v) is 11.4. The Labute approximate surface area is 112 Å². The van der Waals surface area contributed by atoms with Crippen molar-refractivity contribution in [2.24, 2.45) is 0 Å². The zero-order valence-electron chi connectivity index (χ0n) is 11.4. The topological polar surface area (TPSA) is 49.9 Å². The Hall–Kier alpha value is -2.14. The van der Waals surface area contributed by atoms with Crippen LogP contribution in [0.3, 0.4) is 0 Å². The van der Waals surface area contributed by atoms with Crippen LogP contribution in [0.25, 0.3) is 5.70 Å². The Morgan fingerprint density at radius 2 is 2.05 bits per heavy atom. The van der Waals surface area contributed by atoms with Gasteiger partial charge in [-0.25, -0.2) is 0 Å². The van der Waals surface area contributed by atoms with Gasteiger partial charge in [0.05, 0.1) is 18.4 Å². The molecule has 0 spiro atoms. The van der Waals surface area contributed by atoms with E-state index in [-0.39, 0.29) is 11.8 Å². The maximum Gasteiger partial charge on any atom is 0.283 e. The van der Waals surface area contributed by atoms with Crippen molar-refractivity contribution in [2.45, 2.75) is 6.92 Å². The van der Waals surface area contributed by atoms with E-state index in [9.17, 15) is 9.59 Å². The summed E-state index contributed by atoms with van der Waals surface area (Å²) in [5.41, 5.74) is 2.65. The van der Waals surface area contributed by atoms with Gasteiger partial charge in [0.2, 0.25) is 5.91 Å². The van der Waals surface area contributed by atoms with Crippen LogP contribution in [0.1, 0.15) is 21.5 Å². The van der Waals surface area contributed by atoms with E-state index in [1.165, 1.54) is 18.1 Å². The highest BCUT2D eigenvalue weighted by Gasteiger charge is 2.34. The second-order valence-electron chi connectivity index (χ2n) is 4.54. The van der Waals surface area contributed by atoms with Crippen molar-refractivity contribution in [3.8, 4) is 0 Å². The molecule has 5 nitrogen and oxygen atoms in total. The first-order chi connectivity index (χ1) is 8.97. The second-order valence-corrected chi connectivity index (χ2v) is 4.54. The van der Waals surface area contributed by atoms with Crippen molar-refractivity contribution < 1.29 is 14.4 Å². The maximum atomic E-state index is 12.2. The molecule has 1 heterocycles. The van der Waals surface area contributed by atoms with Gasteiger partial charge in [-0.3, -0.25) is 14.4 Å². The largest absolute Gasteiger partial charge is 0.345 e. The summed E-state index contributed by atoms with van der Waals surface area (Å²) >= 11 is 0. The Balaban J connectivity index is 2.59. The minimum Gasteiger partial charge on any atom is -0.345 e. The van der Waals surface area contributed by atoms with Gasteiger partial charge in [0.1, 0.15) is 0 Å². The first-order valence-electron chi connectivity index (χ1n) is 5.89. The lowest BCUT2D eigenvalue weighted by Gasteiger charge is -2.15. The van der Waals surface area contributed by atoms with Crippen molar-refractivity contribution in [2.75, 3.05) is 21.2 Å². The van der Waals surface area contributed by atoms with Gasteiger partial charge >= 0.3 is 0 Å². The molecular weight excluding hydrogens is 244 g/mol. The van der Waals surface area contributed by atoms with Crippen LogP contribution < -0.4 is 0 Å². The third-order valence-electron chi connectivity index (χ3n) is 3.05. The minimum atomic E-state index is -0.242. The molecule has 19 heavy (non-hydrogen) atoms. The number of likely N-dealkylation sites (N-methyl/N-ethyl adjacent to an activating group) is 1. The van der Waals surface area contributed by atoms with Crippen LogP contribution >= 0.6 is 0 Å². The van der Waals surface area contributed by atoms with Gasteiger partial charge in [-0.2, -0.15) is 5.06 Å². The van der Waals surface area contributed by atoms with Gasteiger partial charge in [0, 0.05) is 25.7 Å². The van der Waals surface area contributed by atoms with Gasteiger partial charge in [-0.05, 0) is 12.5 Å². The molecule has 0 unspecified atom stereocenters. The molecule has 1 aliphatic heterocycles. The highest BCUT2D eigenvalue weighted by molar-refractivity contribution is 6.12. The Morgan fingerprint density at radius 3 is 2.63 bits per heavy atom. The quantitative estimate of drug-likeness (QED) is 0.756. The molecule has 2 amide bonds. The van der Waals surface area contributed by atoms with Crippen LogP contribution in [-0.4, -0.2) is 43.0 Å². The van der Waals surface area contributed by atoms with Crippen LogP contribution in [-0.2, 0) is 9.63 Å². The molecule has 1 aromatic carbocycles. The summed E-state index contributed by atoms with van der Waals surface area (Å²) in [6.45, 7) is 1.86. The summed E-state index contributed by atoms with van der Waals surface area (Å²) in [6, 6.07) is 5.53. The number of nitrogens with zero attached hydrogens (tertiary/aromatic N) is 2. The van der Waals surface area contributed by atoms with E-state index in [4.69, 9.17) is 4.84 Å². The van der Waals surface area contributed by atoms with Crippen molar-refractivity contribution in [1.82, 2.24) is 9.96 Å². The lowest BCUT2D eigenvalue weighted by Crippen LogP contribution is -2.25. The van der Waals surface area contributed by atoms with Crippen LogP contribution in [0, 0.1) is 6.92 Å². The first-order valence-corrected chi connectivity index (χ1v) is 5.89. The number of rotatable bonds is 2. The van der Waals surface area contributed by atoms with Crippen molar-refractivity contribution in [1.29, 1.82) is 0 Å². The number of carbonyl (C=O) groups excluding carboxylic acids is 2. The molecule has 0 atom stereocenters. The summed E-state index contributed by atoms with van der Waals surface area (Å²) in [5, 5.41) is 1.15. The summed E-state index contributed by atoms with van der Waals surface area (Å²) < 4.78 is 0. The van der Waals surface area contributed by atoms with Gasteiger partial charge in [0.15, 0.2) is 0 Å². The van der Waals surface area contributed by atoms with Crippen molar-refractivity contribution >= 4 is 17.5 Å². The average Bonchev–Trinajstić information content (AvgIpc) is 2.63. The summed E-state index contributed by atoms with van der Waals surface area (Å²) in [6.07, 6.45) is 1.41. The van der Waals surface area contributed by atoms with E-state index in [0.29, 0.717) is 11.3 Å². The summed E-state index contributed by atoms with van der Waals surface area (Å²) in [7, 11) is 4.72. The second kappa shape index (κ2) is 4.85. The number of amides is 2. The molecule has 0 saturated carbocycles. The fraction of sp³-hybridized carbons (Fsp3) is 0.286. The van der Waals surface area contributed by atoms with Gasteiger partial charge < -0.3 is 4.90 Å². The lowest BCUT2D eigenvalue weighted by molar-refractivity contribution is -0.123. The Morgan fingerprint density at radius 1 is 1.37 bits per heavy atom. The number of benzene rings is 1. The molecule has 5 heteroatoms. The molecule has 0 saturated heterocycles. The number of hydroxylamine groups is 2. The van der Waals surface area contributed by atoms with Crippen LogP contribution in [0.15, 0.2) is 24.3 Å². The van der Waals surface area contributed by atoms with E-state index < -0.39 is 0 Å². The highest BCUT2D eigenvalue weighted by Crippen LogP contribution is 2.34. The van der Waals surface area contributed by atoms with Crippen LogP contribution in [0.5, 0.6) is 0 Å². The predicted octanol–water partition coefficient (Wildman–Crippen LogP) is 1.44. The smallest absolute Gasteiger partial charge is 0.283 e. The van der Waals surface area contributed by atoms with Crippen molar-refractivity contribution in [3.05, 3.63) is 41.0 Å². The molecule has 100 valence electrons. The first kappa shape index (κ1) is 13.3. The summed E-state index contributed by atoms with van der Waals surface area (Å²) in [5.74, 6) is -0.437. The average molecular weight is 260 g/mol. The molecule has 0 aromatic heterocycles. The van der Waals surface area contributed by atoms with E-state index >= 15 is 0 Å². The number of aryl methyl sites for hydroxylation is 1. The number of carbonyl (C=O) groups is 2. The fourth-order valence-electron chi connectivity index (χ4n) is 2.05. The zero-order chi connectivity index (χ0) is 14.2. The monoisotopic (exact) mass is 260 g/mol. The number of hydrogen-bond acceptors (Lipinski definition) is 3. The van der Waals surface area contributed by atoms with Crippen molar-refractivity contribution in [3.63, 3.8) is 0 Å². The highest BCUT2D eigenvalue weighted by atomic mass is 16.7. The van der Waals surface area contributed by atoms with Crippen LogP contribution in [0.4, 0.5) is 0 Å². The molecular formula is C14H16N2O3. The molecule has 0 fully saturated rings. The van der Waals surface area contributed by atoms with Gasteiger partial charge in [-0.1, -0.05) is 18.2 Å². The maximum absolute atomic E-state index is 12.2. The molecule has 0 N–H and O–H groups in total. The minimum absolute atomic E-state index is 0.195. The molecule has 0 radical (unpaired) electrons. The van der Waals surface area contributed by atoms with E-state index in [2.05, 4.69) is 0 Å². The molecule has 0 bridgehead atoms. The lowest BCUT2D eigenvalue weighted by atomic mass is 10.0. The SMILES string of the molecule is CON1C(=O)c2c(C)cccc2/C1=C\C(=O)N(C)C. The fourth-order valence-corrected chi connectivity index (χ4v) is 2.05. The molecule has 2 rings (SSSR count). The predicted molar refractivity (Wildman–Crippen MR) is 71.0 cm³/mol. The molecule has 1 aromatic rings. The normalized spacial score (nSPS) is 15.9. The summed E-state index contributed by atoms with van der Waals surface area (Å²) in [4.78, 5) is 30.6. The number of hydrogen-bond donors (Lipinski definition) is 0. The van der Waals surface area contributed by atoms with Gasteiger partial charge in [0.25, 0.3) is 5.91 Å². The third kappa shape index (κ3) is 2.13. The van der Waals surface area contributed by atoms with E-state index in [1.54, 1.807) is 14.1 Å². The molecule has 1 aliphatic rings. The number of fused-ring (bicyclic) bond motifs is 1. The van der Waals surface area contributed by atoms with E-state index in [1.807, 2.05) is 25.1 Å². The van der Waals surface area contributed by atoms with E-state index in [0.717, 1.165) is 16.2 Å². The Bertz CT molecular complexity index is 576. The molecule has 0 aliphatic carbocycles.